The van der Waals surface area contributed by atoms with Crippen molar-refractivity contribution in [1.29, 1.82) is 0 Å². The van der Waals surface area contributed by atoms with Gasteiger partial charge in [0, 0.05) is 6.54 Å². The Morgan fingerprint density at radius 3 is 2.50 bits per heavy atom. The van der Waals surface area contributed by atoms with Gasteiger partial charge in [-0.05, 0) is 25.8 Å². The summed E-state index contributed by atoms with van der Waals surface area (Å²) in [6.45, 7) is 4.45. The molecule has 5 nitrogen and oxygen atoms in total. The average molecular weight is 228 g/mol. The van der Waals surface area contributed by atoms with Gasteiger partial charge in [-0.15, -0.1) is 0 Å². The summed E-state index contributed by atoms with van der Waals surface area (Å²) in [5.41, 5.74) is 0. The summed E-state index contributed by atoms with van der Waals surface area (Å²) in [5, 5.41) is 12.0. The third-order valence-corrected chi connectivity index (χ3v) is 3.06. The van der Waals surface area contributed by atoms with Gasteiger partial charge in [0.2, 0.25) is 5.91 Å². The van der Waals surface area contributed by atoms with E-state index in [1.165, 1.54) is 4.90 Å². The number of likely N-dealkylation sites (tertiary alicyclic amines) is 1. The Labute approximate surface area is 95.8 Å². The van der Waals surface area contributed by atoms with Crippen LogP contribution in [0.25, 0.3) is 0 Å². The van der Waals surface area contributed by atoms with Crippen LogP contribution in [0.2, 0.25) is 0 Å². The van der Waals surface area contributed by atoms with E-state index in [1.807, 2.05) is 13.8 Å². The molecule has 1 amide bonds. The predicted octanol–water partition coefficient (Wildman–Crippen LogP) is 0.306. The highest BCUT2D eigenvalue weighted by molar-refractivity contribution is 5.87. The van der Waals surface area contributed by atoms with E-state index in [1.54, 1.807) is 7.05 Å². The first-order valence-corrected chi connectivity index (χ1v) is 5.69. The van der Waals surface area contributed by atoms with Crippen LogP contribution in [0, 0.1) is 5.92 Å². The molecule has 92 valence electrons. The van der Waals surface area contributed by atoms with E-state index in [9.17, 15) is 9.59 Å². The fraction of sp³-hybridized carbons (Fsp3) is 0.818. The SMILES string of the molecule is CNC(C(=O)N1CCCC1C(=O)O)C(C)C. The molecular formula is C11H20N2O3. The number of carbonyl (C=O) groups is 2. The molecule has 5 heteroatoms. The number of carboxylic acids is 1. The van der Waals surface area contributed by atoms with Crippen LogP contribution in [0.5, 0.6) is 0 Å². The third-order valence-electron chi connectivity index (χ3n) is 3.06. The molecule has 0 radical (unpaired) electrons. The molecule has 2 N–H and O–H groups in total. The zero-order valence-corrected chi connectivity index (χ0v) is 10.1. The highest BCUT2D eigenvalue weighted by Crippen LogP contribution is 2.20. The van der Waals surface area contributed by atoms with E-state index in [0.29, 0.717) is 13.0 Å². The smallest absolute Gasteiger partial charge is 0.326 e. The average Bonchev–Trinajstić information content (AvgIpc) is 2.65. The van der Waals surface area contributed by atoms with Gasteiger partial charge in [0.05, 0.1) is 6.04 Å². The maximum atomic E-state index is 12.1. The largest absolute Gasteiger partial charge is 0.480 e. The van der Waals surface area contributed by atoms with Crippen molar-refractivity contribution in [1.82, 2.24) is 10.2 Å². The lowest BCUT2D eigenvalue weighted by Crippen LogP contribution is -2.51. The second kappa shape index (κ2) is 5.30. The van der Waals surface area contributed by atoms with Crippen LogP contribution in [-0.4, -0.2) is 47.6 Å². The number of aliphatic carboxylic acids is 1. The molecule has 0 aromatic rings. The van der Waals surface area contributed by atoms with E-state index in [-0.39, 0.29) is 17.9 Å². The van der Waals surface area contributed by atoms with Gasteiger partial charge in [0.1, 0.15) is 6.04 Å². The van der Waals surface area contributed by atoms with Crippen LogP contribution in [-0.2, 0) is 9.59 Å². The molecule has 1 saturated heterocycles. The van der Waals surface area contributed by atoms with Crippen LogP contribution in [0.1, 0.15) is 26.7 Å². The normalized spacial score (nSPS) is 22.5. The Kier molecular flexibility index (Phi) is 4.29. The van der Waals surface area contributed by atoms with Crippen molar-refractivity contribution in [3.05, 3.63) is 0 Å². The molecule has 2 unspecified atom stereocenters. The summed E-state index contributed by atoms with van der Waals surface area (Å²) in [5.74, 6) is -0.834. The Hall–Kier alpha value is -1.10. The van der Waals surface area contributed by atoms with Crippen molar-refractivity contribution < 1.29 is 14.7 Å². The molecule has 16 heavy (non-hydrogen) atoms. The van der Waals surface area contributed by atoms with Gasteiger partial charge in [-0.1, -0.05) is 13.8 Å². The molecule has 1 fully saturated rings. The maximum Gasteiger partial charge on any atom is 0.326 e. The second-order valence-electron chi connectivity index (χ2n) is 4.54. The van der Waals surface area contributed by atoms with E-state index in [0.717, 1.165) is 6.42 Å². The number of hydrogen-bond donors (Lipinski definition) is 2. The molecule has 0 aliphatic carbocycles. The second-order valence-corrected chi connectivity index (χ2v) is 4.54. The molecule has 1 rings (SSSR count). The summed E-state index contributed by atoms with van der Waals surface area (Å²) >= 11 is 0. The molecule has 0 aromatic carbocycles. The number of rotatable bonds is 4. The summed E-state index contributed by atoms with van der Waals surface area (Å²) < 4.78 is 0. The van der Waals surface area contributed by atoms with Crippen LogP contribution >= 0.6 is 0 Å². The molecular weight excluding hydrogens is 208 g/mol. The van der Waals surface area contributed by atoms with Crippen molar-refractivity contribution in [2.24, 2.45) is 5.92 Å². The number of hydrogen-bond acceptors (Lipinski definition) is 3. The standard InChI is InChI=1S/C11H20N2O3/c1-7(2)9(12-3)10(14)13-6-4-5-8(13)11(15)16/h7-9,12H,4-6H2,1-3H3,(H,15,16). The van der Waals surface area contributed by atoms with Crippen molar-refractivity contribution in [3.8, 4) is 0 Å². The van der Waals surface area contributed by atoms with E-state index in [4.69, 9.17) is 5.11 Å². The molecule has 0 aromatic heterocycles. The number of carboxylic acid groups (broad SMARTS) is 1. The fourth-order valence-corrected chi connectivity index (χ4v) is 2.21. The summed E-state index contributed by atoms with van der Waals surface area (Å²) in [6, 6.07) is -0.929. The third kappa shape index (κ3) is 2.52. The van der Waals surface area contributed by atoms with Gasteiger partial charge in [-0.25, -0.2) is 4.79 Å². The number of amides is 1. The molecule has 0 saturated carbocycles. The lowest BCUT2D eigenvalue weighted by atomic mass is 10.0. The number of nitrogens with zero attached hydrogens (tertiary/aromatic N) is 1. The minimum atomic E-state index is -0.899. The van der Waals surface area contributed by atoms with Gasteiger partial charge in [0.15, 0.2) is 0 Å². The number of carbonyl (C=O) groups excluding carboxylic acids is 1. The molecule has 1 aliphatic heterocycles. The zero-order valence-electron chi connectivity index (χ0n) is 10.1. The van der Waals surface area contributed by atoms with E-state index < -0.39 is 12.0 Å². The van der Waals surface area contributed by atoms with Crippen LogP contribution in [0.3, 0.4) is 0 Å². The number of likely N-dealkylation sites (N-methyl/N-ethyl adjacent to an activating group) is 1. The maximum absolute atomic E-state index is 12.1. The van der Waals surface area contributed by atoms with E-state index >= 15 is 0 Å². The topological polar surface area (TPSA) is 69.6 Å². The van der Waals surface area contributed by atoms with Crippen molar-refractivity contribution >= 4 is 11.9 Å². The Morgan fingerprint density at radius 1 is 1.44 bits per heavy atom. The quantitative estimate of drug-likeness (QED) is 0.726. The lowest BCUT2D eigenvalue weighted by molar-refractivity contribution is -0.149. The Morgan fingerprint density at radius 2 is 2.06 bits per heavy atom. The summed E-state index contributed by atoms with van der Waals surface area (Å²) in [6.07, 6.45) is 1.34. The van der Waals surface area contributed by atoms with Gasteiger partial charge in [-0.3, -0.25) is 4.79 Å². The van der Waals surface area contributed by atoms with Crippen molar-refractivity contribution in [3.63, 3.8) is 0 Å². The minimum absolute atomic E-state index is 0.0950. The molecule has 2 atom stereocenters. The minimum Gasteiger partial charge on any atom is -0.480 e. The van der Waals surface area contributed by atoms with Crippen molar-refractivity contribution in [2.45, 2.75) is 38.8 Å². The first kappa shape index (κ1) is 13.0. The number of nitrogens with one attached hydrogen (secondary N) is 1. The first-order valence-electron chi connectivity index (χ1n) is 5.69. The van der Waals surface area contributed by atoms with Crippen LogP contribution in [0.4, 0.5) is 0 Å². The molecule has 0 bridgehead atoms. The zero-order chi connectivity index (χ0) is 12.3. The van der Waals surface area contributed by atoms with Gasteiger partial charge in [-0.2, -0.15) is 0 Å². The molecule has 0 spiro atoms. The fourth-order valence-electron chi connectivity index (χ4n) is 2.21. The van der Waals surface area contributed by atoms with Gasteiger partial charge in [0.25, 0.3) is 0 Å². The summed E-state index contributed by atoms with van der Waals surface area (Å²) in [7, 11) is 1.73. The van der Waals surface area contributed by atoms with Crippen LogP contribution < -0.4 is 5.32 Å². The highest BCUT2D eigenvalue weighted by Gasteiger charge is 2.37. The van der Waals surface area contributed by atoms with E-state index in [2.05, 4.69) is 5.32 Å². The monoisotopic (exact) mass is 228 g/mol. The Bertz CT molecular complexity index is 278. The first-order chi connectivity index (χ1) is 7.49. The lowest BCUT2D eigenvalue weighted by Gasteiger charge is -2.28. The highest BCUT2D eigenvalue weighted by atomic mass is 16.4. The van der Waals surface area contributed by atoms with Crippen LogP contribution in [0.15, 0.2) is 0 Å². The van der Waals surface area contributed by atoms with Gasteiger partial charge >= 0.3 is 5.97 Å². The summed E-state index contributed by atoms with van der Waals surface area (Å²) in [4.78, 5) is 24.6. The van der Waals surface area contributed by atoms with Crippen molar-refractivity contribution in [2.75, 3.05) is 13.6 Å². The molecule has 1 heterocycles. The molecule has 1 aliphatic rings. The van der Waals surface area contributed by atoms with Gasteiger partial charge < -0.3 is 15.3 Å². The predicted molar refractivity (Wildman–Crippen MR) is 60.1 cm³/mol. The Balaban J connectivity index is 2.75.